The van der Waals surface area contributed by atoms with Gasteiger partial charge in [-0.3, -0.25) is 4.79 Å². The van der Waals surface area contributed by atoms with Crippen LogP contribution in [0.15, 0.2) is 51.6 Å². The summed E-state index contributed by atoms with van der Waals surface area (Å²) in [6.45, 7) is 8.26. The van der Waals surface area contributed by atoms with E-state index in [0.717, 1.165) is 28.1 Å². The molecule has 8 heteroatoms. The molecule has 7 nitrogen and oxygen atoms in total. The molecular formula is C25H27NO6S. The number of hydrogen-bond acceptors (Lipinski definition) is 7. The molecule has 33 heavy (non-hydrogen) atoms. The number of aliphatic hydroxyl groups excluding tert-OH is 1. The van der Waals surface area contributed by atoms with Crippen molar-refractivity contribution in [2.75, 3.05) is 19.8 Å². The van der Waals surface area contributed by atoms with Crippen molar-refractivity contribution in [3.8, 4) is 11.5 Å². The normalized spacial score (nSPS) is 16.0. The standard InChI is InChI=1S/C25H27NO6S/c1-5-21(27)26-24-22(25(29)32-8-4)23(28)20(33-24)14-18-17-13-16(30-6-2)11-9-15(17)10-12-19(18)31-7-3/h9-14,28H,5-8H2,1-4H3/b20-14-,26-24?. The van der Waals surface area contributed by atoms with Crippen LogP contribution in [0.3, 0.4) is 0 Å². The van der Waals surface area contributed by atoms with Gasteiger partial charge in [0, 0.05) is 12.0 Å². The highest BCUT2D eigenvalue weighted by Crippen LogP contribution is 2.42. The van der Waals surface area contributed by atoms with E-state index in [-0.39, 0.29) is 29.4 Å². The summed E-state index contributed by atoms with van der Waals surface area (Å²) in [6.07, 6.45) is 1.92. The highest BCUT2D eigenvalue weighted by atomic mass is 32.2. The zero-order chi connectivity index (χ0) is 24.0. The predicted octanol–water partition coefficient (Wildman–Crippen LogP) is 5.44. The lowest BCUT2D eigenvalue weighted by molar-refractivity contribution is -0.138. The third-order valence-electron chi connectivity index (χ3n) is 4.78. The fraction of sp³-hybridized carbons (Fsp3) is 0.320. The first-order valence-electron chi connectivity index (χ1n) is 10.9. The minimum atomic E-state index is -0.727. The zero-order valence-corrected chi connectivity index (χ0v) is 20.0. The van der Waals surface area contributed by atoms with Crippen LogP contribution in [0.2, 0.25) is 0 Å². The first-order valence-corrected chi connectivity index (χ1v) is 11.7. The molecule has 1 N–H and O–H groups in total. The first kappa shape index (κ1) is 24.4. The highest BCUT2D eigenvalue weighted by Gasteiger charge is 2.34. The third-order valence-corrected chi connectivity index (χ3v) is 5.80. The summed E-state index contributed by atoms with van der Waals surface area (Å²) < 4.78 is 16.6. The average molecular weight is 470 g/mol. The van der Waals surface area contributed by atoms with Gasteiger partial charge in [0.25, 0.3) is 0 Å². The van der Waals surface area contributed by atoms with Gasteiger partial charge in [0.1, 0.15) is 27.9 Å². The van der Waals surface area contributed by atoms with Gasteiger partial charge < -0.3 is 19.3 Å². The molecule has 0 bridgehead atoms. The summed E-state index contributed by atoms with van der Waals surface area (Å²) in [4.78, 5) is 28.9. The largest absolute Gasteiger partial charge is 0.506 e. The van der Waals surface area contributed by atoms with Crippen LogP contribution >= 0.6 is 11.8 Å². The number of benzene rings is 2. The summed E-state index contributed by atoms with van der Waals surface area (Å²) in [5.41, 5.74) is 0.610. The van der Waals surface area contributed by atoms with Crippen LogP contribution in [-0.4, -0.2) is 41.8 Å². The molecule has 0 unspecified atom stereocenters. The quantitative estimate of drug-likeness (QED) is 0.515. The molecule has 0 spiro atoms. The van der Waals surface area contributed by atoms with Crippen LogP contribution < -0.4 is 9.47 Å². The van der Waals surface area contributed by atoms with E-state index < -0.39 is 11.9 Å². The van der Waals surface area contributed by atoms with Crippen molar-refractivity contribution in [1.29, 1.82) is 0 Å². The Bertz CT molecular complexity index is 1160. The third kappa shape index (κ3) is 5.39. The second-order valence-corrected chi connectivity index (χ2v) is 7.98. The molecule has 0 atom stereocenters. The number of thioether (sulfide) groups is 1. The molecule has 1 aliphatic rings. The average Bonchev–Trinajstić information content (AvgIpc) is 3.10. The van der Waals surface area contributed by atoms with Gasteiger partial charge in [-0.2, -0.15) is 0 Å². The molecule has 0 saturated carbocycles. The van der Waals surface area contributed by atoms with Crippen molar-refractivity contribution in [3.05, 3.63) is 52.1 Å². The van der Waals surface area contributed by atoms with Crippen LogP contribution in [0, 0.1) is 0 Å². The molecule has 0 fully saturated rings. The van der Waals surface area contributed by atoms with Gasteiger partial charge in [-0.15, -0.1) is 0 Å². The molecule has 2 aromatic carbocycles. The molecule has 3 rings (SSSR count). The van der Waals surface area contributed by atoms with E-state index in [0.29, 0.717) is 29.6 Å². The van der Waals surface area contributed by atoms with Crippen LogP contribution in [0.1, 0.15) is 39.7 Å². The van der Waals surface area contributed by atoms with Crippen molar-refractivity contribution in [3.63, 3.8) is 0 Å². The lowest BCUT2D eigenvalue weighted by Gasteiger charge is -2.13. The maximum atomic E-state index is 12.5. The Morgan fingerprint density at radius 2 is 1.76 bits per heavy atom. The number of fused-ring (bicyclic) bond motifs is 1. The molecule has 0 radical (unpaired) electrons. The summed E-state index contributed by atoms with van der Waals surface area (Å²) >= 11 is 1.05. The van der Waals surface area contributed by atoms with Gasteiger partial charge in [0.2, 0.25) is 5.91 Å². The minimum absolute atomic E-state index is 0.108. The van der Waals surface area contributed by atoms with Crippen LogP contribution in [-0.2, 0) is 14.3 Å². The first-order chi connectivity index (χ1) is 15.9. The van der Waals surface area contributed by atoms with Crippen LogP contribution in [0.4, 0.5) is 0 Å². The maximum absolute atomic E-state index is 12.5. The number of aliphatic hydroxyl groups is 1. The van der Waals surface area contributed by atoms with Crippen LogP contribution in [0.5, 0.6) is 11.5 Å². The SMILES string of the molecule is CCOC(=O)C1=C(O)/C(=C/c2c(OCC)ccc3ccc(OCC)cc23)SC1=NC(=O)CC. The molecule has 174 valence electrons. The molecule has 2 aromatic rings. The number of esters is 1. The van der Waals surface area contributed by atoms with Gasteiger partial charge >= 0.3 is 5.97 Å². The van der Waals surface area contributed by atoms with Gasteiger partial charge in [-0.1, -0.05) is 30.8 Å². The number of nitrogens with zero attached hydrogens (tertiary/aromatic N) is 1. The number of hydrogen-bond donors (Lipinski definition) is 1. The van der Waals surface area contributed by atoms with Gasteiger partial charge in [-0.25, -0.2) is 9.79 Å². The molecule has 1 heterocycles. The number of ether oxygens (including phenoxy) is 3. The van der Waals surface area contributed by atoms with Gasteiger partial charge in [-0.05, 0) is 55.8 Å². The predicted molar refractivity (Wildman–Crippen MR) is 131 cm³/mol. The summed E-state index contributed by atoms with van der Waals surface area (Å²) in [6, 6.07) is 9.57. The molecule has 0 aliphatic carbocycles. The van der Waals surface area contributed by atoms with E-state index in [9.17, 15) is 14.7 Å². The Labute approximate surface area is 197 Å². The van der Waals surface area contributed by atoms with E-state index >= 15 is 0 Å². The lowest BCUT2D eigenvalue weighted by Crippen LogP contribution is -2.14. The zero-order valence-electron chi connectivity index (χ0n) is 19.1. The molecule has 1 amide bonds. The monoisotopic (exact) mass is 469 g/mol. The van der Waals surface area contributed by atoms with Crippen molar-refractivity contribution in [2.45, 2.75) is 34.1 Å². The number of aliphatic imine (C=N–C) groups is 1. The Morgan fingerprint density at radius 1 is 1.03 bits per heavy atom. The van der Waals surface area contributed by atoms with E-state index in [1.165, 1.54) is 0 Å². The number of rotatable bonds is 8. The van der Waals surface area contributed by atoms with E-state index in [4.69, 9.17) is 14.2 Å². The van der Waals surface area contributed by atoms with E-state index in [2.05, 4.69) is 4.99 Å². The fourth-order valence-electron chi connectivity index (χ4n) is 3.30. The van der Waals surface area contributed by atoms with E-state index in [1.54, 1.807) is 19.9 Å². The minimum Gasteiger partial charge on any atom is -0.506 e. The Kier molecular flexibility index (Phi) is 8.16. The smallest absolute Gasteiger partial charge is 0.344 e. The maximum Gasteiger partial charge on any atom is 0.344 e. The van der Waals surface area contributed by atoms with E-state index in [1.807, 2.05) is 44.2 Å². The van der Waals surface area contributed by atoms with Crippen molar-refractivity contribution < 1.29 is 28.9 Å². The van der Waals surface area contributed by atoms with Crippen molar-refractivity contribution >= 4 is 45.5 Å². The molecule has 0 aromatic heterocycles. The van der Waals surface area contributed by atoms with Gasteiger partial charge in [0.15, 0.2) is 0 Å². The van der Waals surface area contributed by atoms with Crippen molar-refractivity contribution in [1.82, 2.24) is 0 Å². The lowest BCUT2D eigenvalue weighted by atomic mass is 10.0. The van der Waals surface area contributed by atoms with Crippen molar-refractivity contribution in [2.24, 2.45) is 4.99 Å². The highest BCUT2D eigenvalue weighted by molar-refractivity contribution is 8.18. The summed E-state index contributed by atoms with van der Waals surface area (Å²) in [5, 5.41) is 12.9. The summed E-state index contributed by atoms with van der Waals surface area (Å²) in [5.74, 6) is -0.0704. The molecular weight excluding hydrogens is 442 g/mol. The Balaban J connectivity index is 2.21. The number of amides is 1. The second kappa shape index (κ2) is 11.0. The number of carbonyl (C=O) groups is 2. The number of carbonyl (C=O) groups excluding carboxylic acids is 2. The topological polar surface area (TPSA) is 94.4 Å². The van der Waals surface area contributed by atoms with Crippen LogP contribution in [0.25, 0.3) is 16.8 Å². The molecule has 0 saturated heterocycles. The Morgan fingerprint density at radius 3 is 2.42 bits per heavy atom. The molecule has 1 aliphatic heterocycles. The second-order valence-electron chi connectivity index (χ2n) is 6.95. The Hall–Kier alpha value is -3.26. The summed E-state index contributed by atoms with van der Waals surface area (Å²) in [7, 11) is 0. The fourth-order valence-corrected chi connectivity index (χ4v) is 4.32. The van der Waals surface area contributed by atoms with Gasteiger partial charge in [0.05, 0.1) is 24.7 Å².